The van der Waals surface area contributed by atoms with Gasteiger partial charge in [-0.15, -0.1) is 0 Å². The number of methoxy groups -OCH3 is 1. The summed E-state index contributed by atoms with van der Waals surface area (Å²) in [4.78, 5) is 12.8. The third-order valence-corrected chi connectivity index (χ3v) is 3.64. The van der Waals surface area contributed by atoms with Crippen molar-refractivity contribution >= 4 is 0 Å². The molecule has 1 aromatic heterocycles. The Bertz CT molecular complexity index is 951. The molecule has 0 spiro atoms. The van der Waals surface area contributed by atoms with E-state index in [1.54, 1.807) is 30.3 Å². The Hall–Kier alpha value is -3.09. The fourth-order valence-electron chi connectivity index (χ4n) is 2.46. The molecule has 0 aliphatic rings. The van der Waals surface area contributed by atoms with Crippen LogP contribution in [0.5, 0.6) is 5.75 Å². The van der Waals surface area contributed by atoms with Gasteiger partial charge in [0, 0.05) is 0 Å². The highest BCUT2D eigenvalue weighted by Crippen LogP contribution is 2.33. The van der Waals surface area contributed by atoms with E-state index < -0.39 is 17.3 Å². The summed E-state index contributed by atoms with van der Waals surface area (Å²) >= 11 is 0. The number of halogens is 3. The van der Waals surface area contributed by atoms with Crippen LogP contribution in [0.15, 0.2) is 65.6 Å². The number of benzene rings is 2. The van der Waals surface area contributed by atoms with Crippen molar-refractivity contribution in [3.8, 4) is 22.6 Å². The van der Waals surface area contributed by atoms with Gasteiger partial charge in [-0.2, -0.15) is 23.0 Å². The lowest BCUT2D eigenvalue weighted by Gasteiger charge is -2.13. The van der Waals surface area contributed by atoms with E-state index in [-0.39, 0.29) is 16.9 Å². The molecule has 0 amide bonds. The fourth-order valence-corrected chi connectivity index (χ4v) is 2.46. The van der Waals surface area contributed by atoms with Gasteiger partial charge in [0.2, 0.25) is 0 Å². The van der Waals surface area contributed by atoms with Gasteiger partial charge in [0.15, 0.2) is 5.75 Å². The lowest BCUT2D eigenvalue weighted by Crippen LogP contribution is -2.23. The van der Waals surface area contributed by atoms with Crippen LogP contribution in [0, 0.1) is 0 Å². The zero-order valence-corrected chi connectivity index (χ0v) is 13.1. The van der Waals surface area contributed by atoms with E-state index in [2.05, 4.69) is 5.10 Å². The minimum Gasteiger partial charge on any atom is -0.494 e. The highest BCUT2D eigenvalue weighted by Gasteiger charge is 2.31. The van der Waals surface area contributed by atoms with Crippen LogP contribution in [-0.4, -0.2) is 16.9 Å². The maximum absolute atomic E-state index is 13.0. The second kappa shape index (κ2) is 6.43. The fraction of sp³-hybridized carbons (Fsp3) is 0.111. The zero-order chi connectivity index (χ0) is 18.0. The van der Waals surface area contributed by atoms with Crippen molar-refractivity contribution in [3.63, 3.8) is 0 Å². The molecular formula is C18H13F3N2O2. The van der Waals surface area contributed by atoms with Gasteiger partial charge in [-0.3, -0.25) is 4.79 Å². The summed E-state index contributed by atoms with van der Waals surface area (Å²) in [5.41, 5.74) is -0.765. The van der Waals surface area contributed by atoms with Gasteiger partial charge in [-0.05, 0) is 29.8 Å². The maximum atomic E-state index is 13.0. The average molecular weight is 346 g/mol. The molecule has 0 aliphatic heterocycles. The molecule has 0 N–H and O–H groups in total. The zero-order valence-electron chi connectivity index (χ0n) is 13.1. The number of rotatable bonds is 3. The number of hydrogen-bond donors (Lipinski definition) is 0. The first-order valence-electron chi connectivity index (χ1n) is 7.31. The molecule has 0 fully saturated rings. The number of hydrogen-bond acceptors (Lipinski definition) is 3. The van der Waals surface area contributed by atoms with Crippen LogP contribution < -0.4 is 10.3 Å². The molecule has 2 aromatic carbocycles. The molecule has 0 atom stereocenters. The van der Waals surface area contributed by atoms with Gasteiger partial charge in [-0.1, -0.05) is 30.3 Å². The first-order valence-corrected chi connectivity index (χ1v) is 7.31. The Morgan fingerprint density at radius 2 is 1.76 bits per heavy atom. The molecule has 0 unspecified atom stereocenters. The van der Waals surface area contributed by atoms with Crippen LogP contribution in [0.2, 0.25) is 0 Å². The molecule has 0 radical (unpaired) electrons. The van der Waals surface area contributed by atoms with Gasteiger partial charge >= 0.3 is 6.18 Å². The van der Waals surface area contributed by atoms with Crippen molar-refractivity contribution in [2.24, 2.45) is 0 Å². The molecule has 0 bridgehead atoms. The minimum absolute atomic E-state index is 0.0208. The van der Waals surface area contributed by atoms with Crippen molar-refractivity contribution < 1.29 is 17.9 Å². The molecule has 1 heterocycles. The van der Waals surface area contributed by atoms with Gasteiger partial charge in [0.25, 0.3) is 5.56 Å². The highest BCUT2D eigenvalue weighted by atomic mass is 19.4. The third-order valence-electron chi connectivity index (χ3n) is 3.64. The van der Waals surface area contributed by atoms with Gasteiger partial charge < -0.3 is 4.74 Å². The maximum Gasteiger partial charge on any atom is 0.416 e. The molecule has 7 heteroatoms. The average Bonchev–Trinajstić information content (AvgIpc) is 2.61. The molecule has 3 aromatic rings. The van der Waals surface area contributed by atoms with Crippen LogP contribution in [0.3, 0.4) is 0 Å². The first-order chi connectivity index (χ1) is 11.9. The second-order valence-electron chi connectivity index (χ2n) is 5.22. The summed E-state index contributed by atoms with van der Waals surface area (Å²) in [7, 11) is 1.33. The molecule has 25 heavy (non-hydrogen) atoms. The SMILES string of the molecule is COc1cnn(-c2ccccc2)c(=O)c1-c1cccc(C(F)(F)F)c1. The summed E-state index contributed by atoms with van der Waals surface area (Å²) in [6.45, 7) is 0. The molecule has 4 nitrogen and oxygen atoms in total. The van der Waals surface area contributed by atoms with Crippen molar-refractivity contribution in [3.05, 3.63) is 76.7 Å². The van der Waals surface area contributed by atoms with E-state index in [9.17, 15) is 18.0 Å². The van der Waals surface area contributed by atoms with Crippen LogP contribution in [0.25, 0.3) is 16.8 Å². The van der Waals surface area contributed by atoms with Gasteiger partial charge in [-0.25, -0.2) is 0 Å². The summed E-state index contributed by atoms with van der Waals surface area (Å²) in [6.07, 6.45) is -3.20. The van der Waals surface area contributed by atoms with Crippen molar-refractivity contribution in [2.45, 2.75) is 6.18 Å². The topological polar surface area (TPSA) is 44.1 Å². The number of ether oxygens (including phenoxy) is 1. The van der Waals surface area contributed by atoms with Crippen LogP contribution >= 0.6 is 0 Å². The normalized spacial score (nSPS) is 11.4. The van der Waals surface area contributed by atoms with Gasteiger partial charge in [0.1, 0.15) is 0 Å². The monoisotopic (exact) mass is 346 g/mol. The van der Waals surface area contributed by atoms with E-state index in [4.69, 9.17) is 4.74 Å². The number of para-hydroxylation sites is 1. The number of aromatic nitrogens is 2. The lowest BCUT2D eigenvalue weighted by atomic mass is 10.0. The predicted octanol–water partition coefficient (Wildman–Crippen LogP) is 3.93. The van der Waals surface area contributed by atoms with E-state index in [0.29, 0.717) is 5.69 Å². The Kier molecular flexibility index (Phi) is 4.31. The summed E-state index contributed by atoms with van der Waals surface area (Å²) in [5, 5.41) is 4.03. The molecule has 0 saturated carbocycles. The summed E-state index contributed by atoms with van der Waals surface area (Å²) in [5.74, 6) is 0.108. The molecule has 3 rings (SSSR count). The largest absolute Gasteiger partial charge is 0.494 e. The molecule has 0 aliphatic carbocycles. The van der Waals surface area contributed by atoms with Crippen LogP contribution in [0.4, 0.5) is 13.2 Å². The summed E-state index contributed by atoms with van der Waals surface area (Å²) in [6, 6.07) is 13.2. The lowest BCUT2D eigenvalue weighted by molar-refractivity contribution is -0.137. The predicted molar refractivity (Wildman–Crippen MR) is 86.8 cm³/mol. The van der Waals surface area contributed by atoms with Crippen molar-refractivity contribution in [1.82, 2.24) is 9.78 Å². The summed E-state index contributed by atoms with van der Waals surface area (Å²) < 4.78 is 45.2. The Labute approximate surface area is 141 Å². The second-order valence-corrected chi connectivity index (χ2v) is 5.22. The van der Waals surface area contributed by atoms with Crippen LogP contribution in [0.1, 0.15) is 5.56 Å². The molecule has 128 valence electrons. The molecule has 0 saturated heterocycles. The van der Waals surface area contributed by atoms with Gasteiger partial charge in [0.05, 0.1) is 30.1 Å². The number of alkyl halides is 3. The van der Waals surface area contributed by atoms with Crippen molar-refractivity contribution in [1.29, 1.82) is 0 Å². The molecular weight excluding hydrogens is 333 g/mol. The highest BCUT2D eigenvalue weighted by molar-refractivity contribution is 5.70. The van der Waals surface area contributed by atoms with E-state index in [1.165, 1.54) is 25.4 Å². The first kappa shape index (κ1) is 16.8. The minimum atomic E-state index is -4.51. The standard InChI is InChI=1S/C18H13F3N2O2/c1-25-15-11-22-23(14-8-3-2-4-9-14)17(24)16(15)12-6-5-7-13(10-12)18(19,20)21/h2-11H,1H3. The Morgan fingerprint density at radius 1 is 1.04 bits per heavy atom. The van der Waals surface area contributed by atoms with Crippen molar-refractivity contribution in [2.75, 3.05) is 7.11 Å². The smallest absolute Gasteiger partial charge is 0.416 e. The van der Waals surface area contributed by atoms with E-state index in [1.807, 2.05) is 0 Å². The van der Waals surface area contributed by atoms with Crippen LogP contribution in [-0.2, 0) is 6.18 Å². The van der Waals surface area contributed by atoms with E-state index >= 15 is 0 Å². The third kappa shape index (κ3) is 3.26. The quantitative estimate of drug-likeness (QED) is 0.722. The number of nitrogens with zero attached hydrogens (tertiary/aromatic N) is 2. The Balaban J connectivity index is 2.24. The Morgan fingerprint density at radius 3 is 2.40 bits per heavy atom. The van der Waals surface area contributed by atoms with E-state index in [0.717, 1.165) is 16.8 Å².